The van der Waals surface area contributed by atoms with Gasteiger partial charge in [-0.1, -0.05) is 24.1 Å². The number of rotatable bonds is 5. The van der Waals surface area contributed by atoms with Crippen LogP contribution in [0.15, 0.2) is 48.0 Å². The van der Waals surface area contributed by atoms with E-state index in [1.165, 1.54) is 6.08 Å². The Kier molecular flexibility index (Phi) is 5.22. The first-order valence-corrected chi connectivity index (χ1v) is 7.94. The normalized spacial score (nSPS) is 12.6. The second-order valence-electron chi connectivity index (χ2n) is 5.39. The minimum Gasteiger partial charge on any atom is -0.486 e. The van der Waals surface area contributed by atoms with Crippen LogP contribution in [0, 0.1) is 23.7 Å². The van der Waals surface area contributed by atoms with Crippen LogP contribution in [0.1, 0.15) is 15.9 Å². The summed E-state index contributed by atoms with van der Waals surface area (Å²) in [5, 5.41) is 9.44. The van der Waals surface area contributed by atoms with Gasteiger partial charge in [0, 0.05) is 0 Å². The maximum Gasteiger partial charge on any atom is 0.207 e. The molecule has 0 unspecified atom stereocenters. The summed E-state index contributed by atoms with van der Waals surface area (Å²) in [7, 11) is 0. The lowest BCUT2D eigenvalue weighted by atomic mass is 10.0. The highest BCUT2D eigenvalue weighted by Gasteiger charge is 2.22. The number of fused-ring (bicyclic) bond motifs is 1. The molecule has 0 aliphatic carbocycles. The zero-order valence-corrected chi connectivity index (χ0v) is 13.9. The van der Waals surface area contributed by atoms with E-state index < -0.39 is 5.78 Å². The van der Waals surface area contributed by atoms with Gasteiger partial charge in [0.2, 0.25) is 5.78 Å². The van der Waals surface area contributed by atoms with Crippen LogP contribution >= 0.6 is 0 Å². The fourth-order valence-electron chi connectivity index (χ4n) is 2.50. The molecule has 2 aromatic carbocycles. The molecule has 26 heavy (non-hydrogen) atoms. The highest BCUT2D eigenvalue weighted by atomic mass is 16.6. The molecule has 0 fully saturated rings. The van der Waals surface area contributed by atoms with Gasteiger partial charge in [0.05, 0.1) is 5.56 Å². The molecular weight excluding hydrogens is 330 g/mol. The Morgan fingerprint density at radius 1 is 1.19 bits per heavy atom. The second-order valence-corrected chi connectivity index (χ2v) is 5.39. The van der Waals surface area contributed by atoms with Crippen molar-refractivity contribution in [3.8, 4) is 35.7 Å². The first-order valence-electron chi connectivity index (χ1n) is 7.94. The summed E-state index contributed by atoms with van der Waals surface area (Å²) in [4.78, 5) is 12.8. The Labute approximate surface area is 151 Å². The fourth-order valence-corrected chi connectivity index (χ4v) is 2.50. The third-order valence-corrected chi connectivity index (χ3v) is 3.69. The molecule has 3 rings (SSSR count). The minimum atomic E-state index is -0.414. The SMILES string of the molecule is C#CCOc1ccc(C=C(C#N)C(=O)c2cccc3c2OCCO3)cc1. The van der Waals surface area contributed by atoms with Gasteiger partial charge in [-0.05, 0) is 35.9 Å². The van der Waals surface area contributed by atoms with E-state index in [-0.39, 0.29) is 12.2 Å². The number of carbonyl (C=O) groups is 1. The molecule has 0 aromatic heterocycles. The molecule has 0 N–H and O–H groups in total. The number of allylic oxidation sites excluding steroid dienone is 1. The van der Waals surface area contributed by atoms with Gasteiger partial charge in [-0.3, -0.25) is 4.79 Å². The summed E-state index contributed by atoms with van der Waals surface area (Å²) in [6, 6.07) is 14.0. The number of ketones is 1. The Bertz CT molecular complexity index is 930. The van der Waals surface area contributed by atoms with Gasteiger partial charge in [0.25, 0.3) is 0 Å². The molecule has 1 heterocycles. The zero-order chi connectivity index (χ0) is 18.4. The van der Waals surface area contributed by atoms with Gasteiger partial charge in [-0.25, -0.2) is 0 Å². The Morgan fingerprint density at radius 2 is 1.96 bits per heavy atom. The molecule has 5 heteroatoms. The van der Waals surface area contributed by atoms with Gasteiger partial charge in [-0.2, -0.15) is 5.26 Å². The molecule has 0 bridgehead atoms. The van der Waals surface area contributed by atoms with Crippen LogP contribution in [-0.2, 0) is 0 Å². The molecule has 1 aliphatic rings. The Hall–Kier alpha value is -3.70. The van der Waals surface area contributed by atoms with Crippen molar-refractivity contribution in [3.05, 3.63) is 59.2 Å². The van der Waals surface area contributed by atoms with Crippen molar-refractivity contribution in [1.82, 2.24) is 0 Å². The molecule has 1 aliphatic heterocycles. The van der Waals surface area contributed by atoms with Crippen molar-refractivity contribution >= 4 is 11.9 Å². The first kappa shape index (κ1) is 17.1. The molecule has 2 aromatic rings. The van der Waals surface area contributed by atoms with Crippen molar-refractivity contribution < 1.29 is 19.0 Å². The van der Waals surface area contributed by atoms with E-state index in [0.717, 1.165) is 0 Å². The largest absolute Gasteiger partial charge is 0.486 e. The summed E-state index contributed by atoms with van der Waals surface area (Å²) in [5.41, 5.74) is 1.01. The summed E-state index contributed by atoms with van der Waals surface area (Å²) < 4.78 is 16.3. The van der Waals surface area contributed by atoms with E-state index in [4.69, 9.17) is 20.6 Å². The average Bonchev–Trinajstić information content (AvgIpc) is 2.70. The number of Topliss-reactive ketones (excluding diaryl/α,β-unsaturated/α-hetero) is 1. The van der Waals surface area contributed by atoms with Crippen molar-refractivity contribution in [2.45, 2.75) is 0 Å². The van der Waals surface area contributed by atoms with E-state index in [1.54, 1.807) is 42.5 Å². The van der Waals surface area contributed by atoms with Crippen LogP contribution in [0.2, 0.25) is 0 Å². The van der Waals surface area contributed by atoms with Crippen LogP contribution in [0.3, 0.4) is 0 Å². The standard InChI is InChI=1S/C21H15NO4/c1-2-10-24-17-8-6-15(7-9-17)13-16(14-22)20(23)18-4-3-5-19-21(18)26-12-11-25-19/h1,3-9,13H,10-12H2. The smallest absolute Gasteiger partial charge is 0.207 e. The fraction of sp³-hybridized carbons (Fsp3) is 0.143. The van der Waals surface area contributed by atoms with E-state index in [9.17, 15) is 10.1 Å². The van der Waals surface area contributed by atoms with E-state index >= 15 is 0 Å². The lowest BCUT2D eigenvalue weighted by molar-refractivity contribution is 0.102. The monoisotopic (exact) mass is 345 g/mol. The van der Waals surface area contributed by atoms with Crippen LogP contribution in [0.5, 0.6) is 17.2 Å². The molecule has 0 saturated carbocycles. The Morgan fingerprint density at radius 3 is 2.69 bits per heavy atom. The molecule has 0 saturated heterocycles. The van der Waals surface area contributed by atoms with Gasteiger partial charge in [-0.15, -0.1) is 6.42 Å². The number of nitrogens with zero attached hydrogens (tertiary/aromatic N) is 1. The quantitative estimate of drug-likeness (QED) is 0.360. The molecule has 0 atom stereocenters. The average molecular weight is 345 g/mol. The number of terminal acetylenes is 1. The summed E-state index contributed by atoms with van der Waals surface area (Å²) in [5.74, 6) is 3.48. The van der Waals surface area contributed by atoms with Crippen molar-refractivity contribution in [3.63, 3.8) is 0 Å². The van der Waals surface area contributed by atoms with E-state index in [1.807, 2.05) is 6.07 Å². The number of para-hydroxylation sites is 1. The van der Waals surface area contributed by atoms with Gasteiger partial charge in [0.1, 0.15) is 37.2 Å². The number of benzene rings is 2. The van der Waals surface area contributed by atoms with Crippen LogP contribution in [0.4, 0.5) is 0 Å². The maximum absolute atomic E-state index is 12.8. The molecular formula is C21H15NO4. The molecule has 0 amide bonds. The van der Waals surface area contributed by atoms with Crippen LogP contribution < -0.4 is 14.2 Å². The lowest BCUT2D eigenvalue weighted by Gasteiger charge is -2.20. The van der Waals surface area contributed by atoms with Gasteiger partial charge in [0.15, 0.2) is 11.5 Å². The molecule has 0 spiro atoms. The maximum atomic E-state index is 12.8. The highest BCUT2D eigenvalue weighted by molar-refractivity contribution is 6.15. The summed E-state index contributed by atoms with van der Waals surface area (Å²) >= 11 is 0. The number of hydrogen-bond acceptors (Lipinski definition) is 5. The third-order valence-electron chi connectivity index (χ3n) is 3.69. The summed E-state index contributed by atoms with van der Waals surface area (Å²) in [6.07, 6.45) is 6.67. The topological polar surface area (TPSA) is 68.5 Å². The van der Waals surface area contributed by atoms with E-state index in [0.29, 0.717) is 41.6 Å². The summed E-state index contributed by atoms with van der Waals surface area (Å²) in [6.45, 7) is 0.972. The highest BCUT2D eigenvalue weighted by Crippen LogP contribution is 2.35. The third kappa shape index (κ3) is 3.68. The van der Waals surface area contributed by atoms with Crippen molar-refractivity contribution in [2.24, 2.45) is 0 Å². The van der Waals surface area contributed by atoms with Gasteiger partial charge < -0.3 is 14.2 Å². The predicted octanol–water partition coefficient (Wildman–Crippen LogP) is 3.26. The van der Waals surface area contributed by atoms with Crippen LogP contribution in [-0.4, -0.2) is 25.6 Å². The number of ether oxygens (including phenoxy) is 3. The van der Waals surface area contributed by atoms with E-state index in [2.05, 4.69) is 5.92 Å². The van der Waals surface area contributed by atoms with Crippen LogP contribution in [0.25, 0.3) is 6.08 Å². The number of hydrogen-bond donors (Lipinski definition) is 0. The lowest BCUT2D eigenvalue weighted by Crippen LogP contribution is -2.18. The van der Waals surface area contributed by atoms with Gasteiger partial charge >= 0.3 is 0 Å². The van der Waals surface area contributed by atoms with Crippen molar-refractivity contribution in [2.75, 3.05) is 19.8 Å². The number of nitriles is 1. The molecule has 0 radical (unpaired) electrons. The second kappa shape index (κ2) is 7.92. The zero-order valence-electron chi connectivity index (χ0n) is 13.9. The first-order chi connectivity index (χ1) is 12.7. The predicted molar refractivity (Wildman–Crippen MR) is 96.1 cm³/mol. The minimum absolute atomic E-state index is 0.00451. The number of carbonyl (C=O) groups excluding carboxylic acids is 1. The molecule has 128 valence electrons. The Balaban J connectivity index is 1.87. The molecule has 5 nitrogen and oxygen atoms in total. The van der Waals surface area contributed by atoms with Crippen molar-refractivity contribution in [1.29, 1.82) is 5.26 Å².